The first-order chi connectivity index (χ1) is 8.24. The fourth-order valence-corrected chi connectivity index (χ4v) is 2.21. The van der Waals surface area contributed by atoms with Gasteiger partial charge in [0, 0.05) is 32.6 Å². The minimum absolute atomic E-state index is 0.0932. The van der Waals surface area contributed by atoms with Crippen LogP contribution in [-0.2, 0) is 4.74 Å². The van der Waals surface area contributed by atoms with Gasteiger partial charge in [-0.1, -0.05) is 5.16 Å². The molecule has 1 aromatic rings. The van der Waals surface area contributed by atoms with Crippen molar-refractivity contribution in [3.05, 3.63) is 18.7 Å². The van der Waals surface area contributed by atoms with Gasteiger partial charge in [0.25, 0.3) is 0 Å². The fraction of sp³-hybridized carbons (Fsp3) is 0.600. The Balaban J connectivity index is 2.04. The van der Waals surface area contributed by atoms with Crippen molar-refractivity contribution in [2.45, 2.75) is 12.1 Å². The molecule has 1 aliphatic rings. The second-order valence-electron chi connectivity index (χ2n) is 4.14. The Labute approximate surface area is 99.5 Å². The van der Waals surface area contributed by atoms with Crippen molar-refractivity contribution < 1.29 is 9.94 Å². The molecule has 1 aromatic heterocycles. The number of oxime groups is 1. The minimum Gasteiger partial charge on any atom is -0.409 e. The van der Waals surface area contributed by atoms with E-state index in [1.807, 2.05) is 10.8 Å². The van der Waals surface area contributed by atoms with E-state index in [4.69, 9.17) is 15.7 Å². The lowest BCUT2D eigenvalue weighted by Gasteiger charge is -2.17. The zero-order valence-electron chi connectivity index (χ0n) is 9.73. The van der Waals surface area contributed by atoms with E-state index in [1.54, 1.807) is 19.6 Å². The average molecular weight is 239 g/mol. The second kappa shape index (κ2) is 5.15. The summed E-state index contributed by atoms with van der Waals surface area (Å²) in [4.78, 5) is 6.13. The maximum Gasteiger partial charge on any atom is 0.153 e. The van der Waals surface area contributed by atoms with Gasteiger partial charge < -0.3 is 20.2 Å². The monoisotopic (exact) mass is 239 g/mol. The van der Waals surface area contributed by atoms with Gasteiger partial charge in [0.2, 0.25) is 0 Å². The number of rotatable bonds is 4. The van der Waals surface area contributed by atoms with Gasteiger partial charge >= 0.3 is 0 Å². The highest BCUT2D eigenvalue weighted by Gasteiger charge is 2.34. The Kier molecular flexibility index (Phi) is 3.60. The van der Waals surface area contributed by atoms with Crippen LogP contribution in [0.3, 0.4) is 0 Å². The number of hydrogen-bond acceptors (Lipinski definition) is 5. The van der Waals surface area contributed by atoms with Crippen LogP contribution in [-0.4, -0.2) is 58.3 Å². The SMILES string of the molecule is CO[C@H]1CN(CC(N)=NO)C[C@H]1n1ccnc1. The van der Waals surface area contributed by atoms with E-state index in [1.165, 1.54) is 0 Å². The number of nitrogens with two attached hydrogens (primary N) is 1. The number of amidine groups is 1. The Morgan fingerprint density at radius 1 is 1.65 bits per heavy atom. The van der Waals surface area contributed by atoms with Crippen LogP contribution in [0.5, 0.6) is 0 Å². The topological polar surface area (TPSA) is 88.9 Å². The maximum absolute atomic E-state index is 8.56. The van der Waals surface area contributed by atoms with E-state index in [2.05, 4.69) is 15.0 Å². The quantitative estimate of drug-likeness (QED) is 0.320. The molecule has 94 valence electrons. The molecule has 0 spiro atoms. The first kappa shape index (κ1) is 11.9. The third-order valence-electron chi connectivity index (χ3n) is 3.04. The van der Waals surface area contributed by atoms with Crippen molar-refractivity contribution in [3.8, 4) is 0 Å². The lowest BCUT2D eigenvalue weighted by atomic mass is 10.2. The van der Waals surface area contributed by atoms with Crippen LogP contribution in [0, 0.1) is 0 Å². The van der Waals surface area contributed by atoms with Crippen molar-refractivity contribution >= 4 is 5.84 Å². The molecular weight excluding hydrogens is 222 g/mol. The predicted octanol–water partition coefficient (Wildman–Crippen LogP) is -0.499. The van der Waals surface area contributed by atoms with Crippen LogP contribution < -0.4 is 5.73 Å². The smallest absolute Gasteiger partial charge is 0.153 e. The molecule has 3 N–H and O–H groups in total. The highest BCUT2D eigenvalue weighted by atomic mass is 16.5. The van der Waals surface area contributed by atoms with E-state index < -0.39 is 0 Å². The Bertz CT molecular complexity index is 378. The van der Waals surface area contributed by atoms with E-state index in [-0.39, 0.29) is 18.0 Å². The van der Waals surface area contributed by atoms with Crippen LogP contribution in [0.2, 0.25) is 0 Å². The molecule has 2 atom stereocenters. The molecule has 1 saturated heterocycles. The lowest BCUT2D eigenvalue weighted by Crippen LogP contribution is -2.33. The predicted molar refractivity (Wildman–Crippen MR) is 61.9 cm³/mol. The summed E-state index contributed by atoms with van der Waals surface area (Å²) >= 11 is 0. The number of likely N-dealkylation sites (tertiary alicyclic amines) is 1. The summed E-state index contributed by atoms with van der Waals surface area (Å²) in [6.07, 6.45) is 5.54. The molecule has 0 aromatic carbocycles. The summed E-state index contributed by atoms with van der Waals surface area (Å²) in [7, 11) is 1.70. The van der Waals surface area contributed by atoms with Crippen molar-refractivity contribution in [1.29, 1.82) is 0 Å². The summed E-state index contributed by atoms with van der Waals surface area (Å²) < 4.78 is 7.49. The number of aromatic nitrogens is 2. The van der Waals surface area contributed by atoms with Crippen LogP contribution in [0.1, 0.15) is 6.04 Å². The van der Waals surface area contributed by atoms with Crippen molar-refractivity contribution in [2.75, 3.05) is 26.7 Å². The molecule has 2 rings (SSSR count). The zero-order valence-corrected chi connectivity index (χ0v) is 9.73. The third-order valence-corrected chi connectivity index (χ3v) is 3.04. The number of hydrogen-bond donors (Lipinski definition) is 2. The van der Waals surface area contributed by atoms with Gasteiger partial charge in [-0.15, -0.1) is 0 Å². The van der Waals surface area contributed by atoms with E-state index in [0.29, 0.717) is 6.54 Å². The van der Waals surface area contributed by atoms with Gasteiger partial charge in [-0.2, -0.15) is 0 Å². The number of ether oxygens (including phenoxy) is 1. The van der Waals surface area contributed by atoms with Gasteiger partial charge in [-0.05, 0) is 0 Å². The van der Waals surface area contributed by atoms with E-state index in [0.717, 1.165) is 13.1 Å². The van der Waals surface area contributed by atoms with Crippen LogP contribution >= 0.6 is 0 Å². The molecule has 0 unspecified atom stereocenters. The van der Waals surface area contributed by atoms with Crippen LogP contribution in [0.15, 0.2) is 23.9 Å². The molecule has 7 nitrogen and oxygen atoms in total. The average Bonchev–Trinajstić information content (AvgIpc) is 2.96. The normalized spacial score (nSPS) is 26.5. The Morgan fingerprint density at radius 2 is 2.47 bits per heavy atom. The largest absolute Gasteiger partial charge is 0.409 e. The number of nitrogens with zero attached hydrogens (tertiary/aromatic N) is 4. The Morgan fingerprint density at radius 3 is 3.06 bits per heavy atom. The van der Waals surface area contributed by atoms with Gasteiger partial charge in [0.15, 0.2) is 5.84 Å². The van der Waals surface area contributed by atoms with Gasteiger partial charge in [-0.3, -0.25) is 4.90 Å². The van der Waals surface area contributed by atoms with Gasteiger partial charge in [0.1, 0.15) is 0 Å². The lowest BCUT2D eigenvalue weighted by molar-refractivity contribution is 0.0823. The van der Waals surface area contributed by atoms with Crippen molar-refractivity contribution in [1.82, 2.24) is 14.5 Å². The molecule has 0 aliphatic carbocycles. The maximum atomic E-state index is 8.56. The molecule has 1 fully saturated rings. The fourth-order valence-electron chi connectivity index (χ4n) is 2.21. The molecule has 2 heterocycles. The molecular formula is C10H17N5O2. The summed E-state index contributed by atoms with van der Waals surface area (Å²) in [5.74, 6) is 0.214. The summed E-state index contributed by atoms with van der Waals surface area (Å²) in [6, 6.07) is 0.217. The first-order valence-corrected chi connectivity index (χ1v) is 5.43. The van der Waals surface area contributed by atoms with Crippen LogP contribution in [0.4, 0.5) is 0 Å². The van der Waals surface area contributed by atoms with Gasteiger partial charge in [0.05, 0.1) is 25.0 Å². The molecule has 0 radical (unpaired) electrons. The number of methoxy groups -OCH3 is 1. The molecule has 0 amide bonds. The van der Waals surface area contributed by atoms with Crippen molar-refractivity contribution in [3.63, 3.8) is 0 Å². The first-order valence-electron chi connectivity index (χ1n) is 5.43. The number of imidazole rings is 1. The summed E-state index contributed by atoms with van der Waals surface area (Å²) in [5.41, 5.74) is 5.50. The minimum atomic E-state index is 0.0932. The van der Waals surface area contributed by atoms with Crippen LogP contribution in [0.25, 0.3) is 0 Å². The van der Waals surface area contributed by atoms with E-state index in [9.17, 15) is 0 Å². The van der Waals surface area contributed by atoms with Gasteiger partial charge in [-0.25, -0.2) is 4.98 Å². The van der Waals surface area contributed by atoms with Crippen molar-refractivity contribution in [2.24, 2.45) is 10.9 Å². The summed E-state index contributed by atoms with van der Waals surface area (Å²) in [5, 5.41) is 11.5. The zero-order chi connectivity index (χ0) is 12.3. The molecule has 1 aliphatic heterocycles. The highest BCUT2D eigenvalue weighted by molar-refractivity contribution is 5.81. The molecule has 0 bridgehead atoms. The standard InChI is InChI=1S/C10H17N5O2/c1-17-9-5-14(6-10(11)13-16)4-8(9)15-3-2-12-7-15/h2-3,7-9,16H,4-6H2,1H3,(H2,11,13)/t8-,9+/m1/s1. The molecule has 7 heteroatoms. The molecule has 17 heavy (non-hydrogen) atoms. The second-order valence-corrected chi connectivity index (χ2v) is 4.14. The highest BCUT2D eigenvalue weighted by Crippen LogP contribution is 2.23. The summed E-state index contributed by atoms with van der Waals surface area (Å²) in [6.45, 7) is 2.00. The molecule has 0 saturated carbocycles. The third kappa shape index (κ3) is 2.56. The Hall–Kier alpha value is -1.60. The van der Waals surface area contributed by atoms with E-state index >= 15 is 0 Å².